The van der Waals surface area contributed by atoms with Crippen molar-refractivity contribution in [3.8, 4) is 17.2 Å². The third-order valence-electron chi connectivity index (χ3n) is 3.79. The molecule has 0 fully saturated rings. The van der Waals surface area contributed by atoms with Gasteiger partial charge in [0.1, 0.15) is 5.78 Å². The summed E-state index contributed by atoms with van der Waals surface area (Å²) in [6, 6.07) is 5.09. The summed E-state index contributed by atoms with van der Waals surface area (Å²) in [7, 11) is 5.85. The molecular formula is C19H21NO6. The van der Waals surface area contributed by atoms with Crippen molar-refractivity contribution < 1.29 is 28.5 Å². The van der Waals surface area contributed by atoms with E-state index in [1.165, 1.54) is 34.6 Å². The van der Waals surface area contributed by atoms with Crippen LogP contribution in [0.5, 0.6) is 17.2 Å². The summed E-state index contributed by atoms with van der Waals surface area (Å²) in [4.78, 5) is 28.0. The van der Waals surface area contributed by atoms with Gasteiger partial charge in [0.2, 0.25) is 5.75 Å². The summed E-state index contributed by atoms with van der Waals surface area (Å²) in [6.07, 6.45) is 3.23. The zero-order valence-corrected chi connectivity index (χ0v) is 15.2. The van der Waals surface area contributed by atoms with Crippen LogP contribution in [0.25, 0.3) is 0 Å². The van der Waals surface area contributed by atoms with E-state index < -0.39 is 5.97 Å². The fraction of sp³-hybridized carbons (Fsp3) is 0.316. The number of carbonyl (C=O) groups is 2. The second kappa shape index (κ2) is 8.84. The Morgan fingerprint density at radius 3 is 2.27 bits per heavy atom. The van der Waals surface area contributed by atoms with Crippen LogP contribution in [0.3, 0.4) is 0 Å². The monoisotopic (exact) mass is 359 g/mol. The second-order valence-electron chi connectivity index (χ2n) is 5.46. The van der Waals surface area contributed by atoms with Crippen LogP contribution in [0.2, 0.25) is 0 Å². The highest BCUT2D eigenvalue weighted by molar-refractivity contribution is 5.90. The summed E-state index contributed by atoms with van der Waals surface area (Å²) in [5.41, 5.74) is 1.63. The first kappa shape index (κ1) is 19.2. The molecule has 7 heteroatoms. The largest absolute Gasteiger partial charge is 0.493 e. The van der Waals surface area contributed by atoms with Crippen LogP contribution >= 0.6 is 0 Å². The van der Waals surface area contributed by atoms with Crippen LogP contribution in [-0.2, 0) is 22.4 Å². The van der Waals surface area contributed by atoms with Crippen molar-refractivity contribution in [2.75, 3.05) is 28.4 Å². The first-order chi connectivity index (χ1) is 12.5. The zero-order valence-electron chi connectivity index (χ0n) is 15.2. The van der Waals surface area contributed by atoms with Crippen molar-refractivity contribution in [3.63, 3.8) is 0 Å². The lowest BCUT2D eigenvalue weighted by Gasteiger charge is -2.15. The molecule has 138 valence electrons. The van der Waals surface area contributed by atoms with E-state index in [2.05, 4.69) is 9.72 Å². The summed E-state index contributed by atoms with van der Waals surface area (Å²) in [6.45, 7) is 0. The Kier molecular flexibility index (Phi) is 6.54. The summed E-state index contributed by atoms with van der Waals surface area (Å²) >= 11 is 0. The quantitative estimate of drug-likeness (QED) is 0.668. The molecule has 2 aromatic rings. The van der Waals surface area contributed by atoms with Gasteiger partial charge in [-0.25, -0.2) is 4.79 Å². The number of hydrogen-bond acceptors (Lipinski definition) is 7. The van der Waals surface area contributed by atoms with Gasteiger partial charge in [0, 0.05) is 30.8 Å². The maximum absolute atomic E-state index is 12.5. The third kappa shape index (κ3) is 4.30. The van der Waals surface area contributed by atoms with Gasteiger partial charge in [0.25, 0.3) is 0 Å². The zero-order chi connectivity index (χ0) is 19.1. The number of methoxy groups -OCH3 is 4. The first-order valence-corrected chi connectivity index (χ1v) is 7.85. The number of pyridine rings is 1. The predicted molar refractivity (Wildman–Crippen MR) is 94.1 cm³/mol. The molecule has 0 unspecified atom stereocenters. The fourth-order valence-electron chi connectivity index (χ4n) is 2.62. The molecule has 0 aliphatic carbocycles. The van der Waals surface area contributed by atoms with Gasteiger partial charge in [-0.2, -0.15) is 0 Å². The Morgan fingerprint density at radius 1 is 0.923 bits per heavy atom. The molecule has 0 N–H and O–H groups in total. The Labute approximate surface area is 151 Å². The number of aromatic nitrogens is 1. The highest BCUT2D eigenvalue weighted by Gasteiger charge is 2.18. The minimum Gasteiger partial charge on any atom is -0.493 e. The third-order valence-corrected chi connectivity index (χ3v) is 3.79. The molecule has 0 aliphatic rings. The number of Topliss-reactive ketones (excluding diaryl/α,β-unsaturated/α-hetero) is 1. The average molecular weight is 359 g/mol. The van der Waals surface area contributed by atoms with Crippen LogP contribution in [-0.4, -0.2) is 45.2 Å². The van der Waals surface area contributed by atoms with Gasteiger partial charge in [-0.1, -0.05) is 6.07 Å². The first-order valence-electron chi connectivity index (χ1n) is 7.85. The molecular weight excluding hydrogens is 338 g/mol. The molecule has 7 nitrogen and oxygen atoms in total. The molecule has 1 aromatic carbocycles. The summed E-state index contributed by atoms with van der Waals surface area (Å²) in [5.74, 6) is 0.875. The minimum absolute atomic E-state index is 0.0562. The van der Waals surface area contributed by atoms with Crippen LogP contribution < -0.4 is 14.2 Å². The lowest BCUT2D eigenvalue weighted by atomic mass is 10.0. The van der Waals surface area contributed by atoms with Crippen molar-refractivity contribution in [2.45, 2.75) is 12.8 Å². The van der Waals surface area contributed by atoms with Gasteiger partial charge in [-0.15, -0.1) is 0 Å². The number of hydrogen-bond donors (Lipinski definition) is 0. The molecule has 0 atom stereocenters. The van der Waals surface area contributed by atoms with Crippen molar-refractivity contribution in [3.05, 3.63) is 47.3 Å². The maximum Gasteiger partial charge on any atom is 0.339 e. The molecule has 1 heterocycles. The van der Waals surface area contributed by atoms with E-state index in [9.17, 15) is 9.59 Å². The number of ether oxygens (including phenoxy) is 4. The number of esters is 1. The van der Waals surface area contributed by atoms with Crippen LogP contribution in [0.4, 0.5) is 0 Å². The molecule has 0 spiro atoms. The number of benzene rings is 1. The number of ketones is 1. The van der Waals surface area contributed by atoms with Gasteiger partial charge in [-0.3, -0.25) is 9.78 Å². The van der Waals surface area contributed by atoms with Gasteiger partial charge < -0.3 is 18.9 Å². The summed E-state index contributed by atoms with van der Waals surface area (Å²) < 4.78 is 20.6. The Morgan fingerprint density at radius 2 is 1.65 bits per heavy atom. The van der Waals surface area contributed by atoms with Crippen LogP contribution in [0, 0.1) is 0 Å². The van der Waals surface area contributed by atoms with E-state index in [-0.39, 0.29) is 18.6 Å². The lowest BCUT2D eigenvalue weighted by Crippen LogP contribution is -2.10. The Hall–Kier alpha value is -3.09. The molecule has 1 aromatic heterocycles. The predicted octanol–water partition coefficient (Wildman–Crippen LogP) is 2.25. The SMILES string of the molecule is COC(=O)c1cncc(CC(=O)Cc2ccc(OC)c(OC)c2OC)c1. The molecule has 0 radical (unpaired) electrons. The Balaban J connectivity index is 2.19. The van der Waals surface area contributed by atoms with Crippen molar-refractivity contribution >= 4 is 11.8 Å². The van der Waals surface area contributed by atoms with Gasteiger partial charge in [0.05, 0.1) is 34.0 Å². The van der Waals surface area contributed by atoms with E-state index in [0.29, 0.717) is 33.9 Å². The number of rotatable bonds is 8. The smallest absolute Gasteiger partial charge is 0.339 e. The number of carbonyl (C=O) groups excluding carboxylic acids is 2. The fourth-order valence-corrected chi connectivity index (χ4v) is 2.62. The van der Waals surface area contributed by atoms with Gasteiger partial charge >= 0.3 is 5.97 Å². The van der Waals surface area contributed by atoms with Crippen molar-refractivity contribution in [1.82, 2.24) is 4.98 Å². The van der Waals surface area contributed by atoms with Crippen molar-refractivity contribution in [2.24, 2.45) is 0 Å². The highest BCUT2D eigenvalue weighted by atomic mass is 16.5. The van der Waals surface area contributed by atoms with Gasteiger partial charge in [0.15, 0.2) is 11.5 Å². The molecule has 0 amide bonds. The normalized spacial score (nSPS) is 10.2. The van der Waals surface area contributed by atoms with Crippen LogP contribution in [0.15, 0.2) is 30.6 Å². The minimum atomic E-state index is -0.492. The maximum atomic E-state index is 12.5. The lowest BCUT2D eigenvalue weighted by molar-refractivity contribution is -0.117. The highest BCUT2D eigenvalue weighted by Crippen LogP contribution is 2.40. The topological polar surface area (TPSA) is 84.0 Å². The van der Waals surface area contributed by atoms with E-state index >= 15 is 0 Å². The van der Waals surface area contributed by atoms with Crippen molar-refractivity contribution in [1.29, 1.82) is 0 Å². The van der Waals surface area contributed by atoms with E-state index in [1.54, 1.807) is 24.4 Å². The van der Waals surface area contributed by atoms with Crippen LogP contribution in [0.1, 0.15) is 21.5 Å². The molecule has 2 rings (SSSR count). The van der Waals surface area contributed by atoms with E-state index in [1.807, 2.05) is 0 Å². The molecule has 0 saturated carbocycles. The molecule has 26 heavy (non-hydrogen) atoms. The Bertz CT molecular complexity index is 803. The van der Waals surface area contributed by atoms with E-state index in [0.717, 1.165) is 0 Å². The average Bonchev–Trinajstić information content (AvgIpc) is 2.66. The molecule has 0 saturated heterocycles. The molecule has 0 aliphatic heterocycles. The van der Waals surface area contributed by atoms with E-state index in [4.69, 9.17) is 14.2 Å². The standard InChI is InChI=1S/C19H21NO6/c1-23-16-6-5-13(17(24-2)18(16)25-3)9-15(21)8-12-7-14(11-20-10-12)19(22)26-4/h5-7,10-11H,8-9H2,1-4H3. The number of nitrogens with zero attached hydrogens (tertiary/aromatic N) is 1. The van der Waals surface area contributed by atoms with Gasteiger partial charge in [-0.05, 0) is 17.7 Å². The molecule has 0 bridgehead atoms. The second-order valence-corrected chi connectivity index (χ2v) is 5.46. The summed E-state index contributed by atoms with van der Waals surface area (Å²) in [5, 5.41) is 0.